The largest absolute Gasteiger partial charge is 0.464 e. The first-order valence-electron chi connectivity index (χ1n) is 7.97. The maximum Gasteiger partial charge on any atom is 0.337 e. The molecule has 0 bridgehead atoms. The maximum atomic E-state index is 12.7. The van der Waals surface area contributed by atoms with Gasteiger partial charge in [0.2, 0.25) is 0 Å². The zero-order chi connectivity index (χ0) is 16.3. The highest BCUT2D eigenvalue weighted by atomic mass is 28.4. The molecule has 0 aromatic heterocycles. The van der Waals surface area contributed by atoms with Gasteiger partial charge in [0.05, 0.1) is 13.2 Å². The maximum absolute atomic E-state index is 12.7. The number of esters is 1. The molecule has 2 unspecified atom stereocenters. The van der Waals surface area contributed by atoms with Gasteiger partial charge >= 0.3 is 5.97 Å². The van der Waals surface area contributed by atoms with Crippen molar-refractivity contribution in [2.45, 2.75) is 70.7 Å². The molecule has 0 heterocycles. The molecule has 4 nitrogen and oxygen atoms in total. The van der Waals surface area contributed by atoms with Crippen LogP contribution in [0.15, 0.2) is 0 Å². The first-order valence-corrected chi connectivity index (χ1v) is 10.9. The summed E-state index contributed by atoms with van der Waals surface area (Å²) < 4.78 is 17.3. The van der Waals surface area contributed by atoms with Gasteiger partial charge in [-0.2, -0.15) is 0 Å². The quantitative estimate of drug-likeness (QED) is 0.553. The van der Waals surface area contributed by atoms with E-state index < -0.39 is 13.9 Å². The summed E-state index contributed by atoms with van der Waals surface area (Å²) in [5.41, 5.74) is -0.810. The Hall–Kier alpha value is -0.393. The van der Waals surface area contributed by atoms with Crippen molar-refractivity contribution in [2.24, 2.45) is 5.92 Å². The van der Waals surface area contributed by atoms with Gasteiger partial charge in [-0.1, -0.05) is 20.8 Å². The van der Waals surface area contributed by atoms with Gasteiger partial charge in [0, 0.05) is 13.0 Å². The molecular weight excluding hydrogens is 284 g/mol. The fourth-order valence-electron chi connectivity index (χ4n) is 2.77. The molecule has 0 aromatic carbocycles. The molecule has 0 spiro atoms. The van der Waals surface area contributed by atoms with E-state index in [0.717, 1.165) is 19.3 Å². The van der Waals surface area contributed by atoms with Crippen molar-refractivity contribution in [3.63, 3.8) is 0 Å². The molecule has 21 heavy (non-hydrogen) atoms. The second-order valence-electron chi connectivity index (χ2n) is 7.52. The number of hydrogen-bond acceptors (Lipinski definition) is 4. The average Bonchev–Trinajstić information content (AvgIpc) is 2.72. The van der Waals surface area contributed by atoms with Crippen molar-refractivity contribution in [3.8, 4) is 0 Å². The van der Waals surface area contributed by atoms with E-state index in [2.05, 4.69) is 33.9 Å². The lowest BCUT2D eigenvalue weighted by Gasteiger charge is -2.45. The molecule has 0 N–H and O–H groups in total. The van der Waals surface area contributed by atoms with E-state index in [0.29, 0.717) is 13.2 Å². The van der Waals surface area contributed by atoms with Crippen LogP contribution in [0.25, 0.3) is 0 Å². The molecule has 0 amide bonds. The SMILES string of the molecule is CCOC(=O)C1(O[Si](C)(C)C(C)(C)C)CCCC1COC. The van der Waals surface area contributed by atoms with Gasteiger partial charge in [0.15, 0.2) is 13.9 Å². The Kier molecular flexibility index (Phi) is 6.04. The minimum absolute atomic E-state index is 0.0622. The zero-order valence-electron chi connectivity index (χ0n) is 14.7. The summed E-state index contributed by atoms with van der Waals surface area (Å²) in [5.74, 6) is -0.106. The number of carbonyl (C=O) groups is 1. The van der Waals surface area contributed by atoms with Crippen LogP contribution in [0.3, 0.4) is 0 Å². The van der Waals surface area contributed by atoms with Crippen molar-refractivity contribution in [1.29, 1.82) is 0 Å². The lowest BCUT2D eigenvalue weighted by Crippen LogP contribution is -2.56. The van der Waals surface area contributed by atoms with Crippen LogP contribution in [0, 0.1) is 5.92 Å². The van der Waals surface area contributed by atoms with Crippen LogP contribution in [0.2, 0.25) is 18.1 Å². The third kappa shape index (κ3) is 3.87. The van der Waals surface area contributed by atoms with Gasteiger partial charge in [0.25, 0.3) is 0 Å². The third-order valence-corrected chi connectivity index (χ3v) is 9.48. The lowest BCUT2D eigenvalue weighted by molar-refractivity contribution is -0.168. The summed E-state index contributed by atoms with van der Waals surface area (Å²) in [4.78, 5) is 12.7. The molecule has 2 atom stereocenters. The van der Waals surface area contributed by atoms with E-state index in [1.54, 1.807) is 7.11 Å². The van der Waals surface area contributed by atoms with E-state index in [1.165, 1.54) is 0 Å². The van der Waals surface area contributed by atoms with E-state index in [1.807, 2.05) is 6.92 Å². The van der Waals surface area contributed by atoms with Crippen molar-refractivity contribution in [3.05, 3.63) is 0 Å². The van der Waals surface area contributed by atoms with Crippen molar-refractivity contribution < 1.29 is 18.7 Å². The average molecular weight is 317 g/mol. The summed E-state index contributed by atoms with van der Waals surface area (Å²) in [7, 11) is -0.380. The van der Waals surface area contributed by atoms with Gasteiger partial charge in [-0.3, -0.25) is 0 Å². The Morgan fingerprint density at radius 1 is 1.33 bits per heavy atom. The summed E-state index contributed by atoms with van der Waals surface area (Å²) in [6.07, 6.45) is 2.69. The van der Waals surface area contributed by atoms with Crippen LogP contribution in [0.5, 0.6) is 0 Å². The topological polar surface area (TPSA) is 44.8 Å². The van der Waals surface area contributed by atoms with Gasteiger partial charge in [-0.25, -0.2) is 4.79 Å². The summed E-state index contributed by atoms with van der Waals surface area (Å²) >= 11 is 0. The molecular formula is C16H32O4Si. The standard InChI is InChI=1S/C16H32O4Si/c1-8-19-14(17)16(11-9-10-13(16)12-18-5)20-21(6,7)15(2,3)4/h13H,8-12H2,1-7H3. The highest BCUT2D eigenvalue weighted by Crippen LogP contribution is 2.47. The monoisotopic (exact) mass is 316 g/mol. The minimum atomic E-state index is -2.06. The Labute approximate surface area is 130 Å². The first kappa shape index (κ1) is 18.7. The van der Waals surface area contributed by atoms with E-state index in [4.69, 9.17) is 13.9 Å². The number of rotatable bonds is 6. The molecule has 5 heteroatoms. The fourth-order valence-corrected chi connectivity index (χ4v) is 4.34. The number of carbonyl (C=O) groups excluding carboxylic acids is 1. The molecule has 1 fully saturated rings. The number of methoxy groups -OCH3 is 1. The van der Waals surface area contributed by atoms with E-state index in [9.17, 15) is 4.79 Å². The predicted octanol–water partition coefficient (Wildman–Crippen LogP) is 3.76. The van der Waals surface area contributed by atoms with E-state index in [-0.39, 0.29) is 16.9 Å². The Morgan fingerprint density at radius 3 is 2.43 bits per heavy atom. The zero-order valence-corrected chi connectivity index (χ0v) is 15.7. The molecule has 0 saturated heterocycles. The molecule has 1 rings (SSSR count). The Balaban J connectivity index is 3.11. The van der Waals surface area contributed by atoms with Gasteiger partial charge < -0.3 is 13.9 Å². The number of ether oxygens (including phenoxy) is 2. The highest BCUT2D eigenvalue weighted by Gasteiger charge is 2.56. The Bertz CT molecular complexity index is 362. The molecule has 1 aliphatic rings. The highest BCUT2D eigenvalue weighted by molar-refractivity contribution is 6.74. The third-order valence-electron chi connectivity index (χ3n) is 4.99. The summed E-state index contributed by atoms with van der Waals surface area (Å²) in [6.45, 7) is 13.7. The number of hydrogen-bond donors (Lipinski definition) is 0. The summed E-state index contributed by atoms with van der Waals surface area (Å²) in [6, 6.07) is 0. The van der Waals surface area contributed by atoms with Gasteiger partial charge in [0.1, 0.15) is 0 Å². The molecule has 1 saturated carbocycles. The Morgan fingerprint density at radius 2 is 1.95 bits per heavy atom. The normalized spacial score (nSPS) is 26.9. The molecule has 0 radical (unpaired) electrons. The smallest absolute Gasteiger partial charge is 0.337 e. The minimum Gasteiger partial charge on any atom is -0.464 e. The fraction of sp³-hybridized carbons (Fsp3) is 0.938. The van der Waals surface area contributed by atoms with Crippen LogP contribution in [0.1, 0.15) is 47.0 Å². The van der Waals surface area contributed by atoms with Gasteiger partial charge in [-0.15, -0.1) is 0 Å². The second kappa shape index (κ2) is 6.80. The predicted molar refractivity (Wildman–Crippen MR) is 86.9 cm³/mol. The molecule has 1 aliphatic carbocycles. The van der Waals surface area contributed by atoms with Crippen molar-refractivity contribution in [2.75, 3.05) is 20.3 Å². The van der Waals surface area contributed by atoms with Crippen molar-refractivity contribution >= 4 is 14.3 Å². The second-order valence-corrected chi connectivity index (χ2v) is 12.2. The van der Waals surface area contributed by atoms with Crippen LogP contribution >= 0.6 is 0 Å². The van der Waals surface area contributed by atoms with Crippen LogP contribution in [0.4, 0.5) is 0 Å². The van der Waals surface area contributed by atoms with Crippen LogP contribution in [-0.2, 0) is 18.7 Å². The molecule has 0 aromatic rings. The summed E-state index contributed by atoms with van der Waals surface area (Å²) in [5, 5.41) is 0.0622. The van der Waals surface area contributed by atoms with E-state index >= 15 is 0 Å². The lowest BCUT2D eigenvalue weighted by atomic mass is 9.91. The molecule has 0 aliphatic heterocycles. The van der Waals surface area contributed by atoms with Crippen LogP contribution in [-0.4, -0.2) is 40.2 Å². The molecule has 124 valence electrons. The first-order chi connectivity index (χ1) is 9.60. The van der Waals surface area contributed by atoms with Gasteiger partial charge in [-0.05, 0) is 44.3 Å². The van der Waals surface area contributed by atoms with Crippen LogP contribution < -0.4 is 0 Å². The van der Waals surface area contributed by atoms with Crippen molar-refractivity contribution in [1.82, 2.24) is 0 Å².